The summed E-state index contributed by atoms with van der Waals surface area (Å²) in [6.07, 6.45) is 5.80. The van der Waals surface area contributed by atoms with Gasteiger partial charge in [0.05, 0.1) is 39.6 Å². The second-order valence-electron chi connectivity index (χ2n) is 9.19. The molecule has 0 spiro atoms. The Morgan fingerprint density at radius 2 is 1.10 bits per heavy atom. The number of hydrogen-bond acceptors (Lipinski definition) is 10. The number of carboxylic acids is 1. The van der Waals surface area contributed by atoms with Gasteiger partial charge >= 0.3 is 26.0 Å². The highest BCUT2D eigenvalue weighted by molar-refractivity contribution is 7.52. The summed E-state index contributed by atoms with van der Waals surface area (Å²) >= 11 is 0. The minimum atomic E-state index is -4.12. The molecule has 0 aliphatic heterocycles. The summed E-state index contributed by atoms with van der Waals surface area (Å²) in [4.78, 5) is 35.8. The van der Waals surface area contributed by atoms with Gasteiger partial charge in [0.25, 0.3) is 0 Å². The minimum Gasteiger partial charge on any atom is -0.480 e. The van der Waals surface area contributed by atoms with E-state index in [9.17, 15) is 24.1 Å². The maximum atomic E-state index is 13.3. The summed E-state index contributed by atoms with van der Waals surface area (Å²) in [7, 11) is -2.71. The van der Waals surface area contributed by atoms with E-state index in [1.807, 2.05) is 13.8 Å². The molecule has 0 aromatic heterocycles. The number of carbonyl (C=O) groups is 3. The summed E-state index contributed by atoms with van der Waals surface area (Å²) in [6, 6.07) is -0.982. The van der Waals surface area contributed by atoms with Crippen molar-refractivity contribution in [3.8, 4) is 0 Å². The first-order valence-corrected chi connectivity index (χ1v) is 15.9. The monoisotopic (exact) mass is 611 g/mol. The van der Waals surface area contributed by atoms with Crippen LogP contribution in [0, 0.1) is 0 Å². The number of nitrogens with two attached hydrogens (primary N) is 1. The Bertz CT molecular complexity index is 774. The SMILES string of the molecule is CCCCCOC(=O)OCCCCOP(=O)(N=C(N)N(C)C(CC)C(=O)O)OCCCCOC(=O)OCCCCC. The van der Waals surface area contributed by atoms with Crippen LogP contribution in [0.4, 0.5) is 9.59 Å². The molecular weight excluding hydrogens is 561 g/mol. The number of guanidine groups is 1. The third-order valence-electron chi connectivity index (χ3n) is 5.69. The van der Waals surface area contributed by atoms with Crippen LogP contribution in [0.15, 0.2) is 4.76 Å². The van der Waals surface area contributed by atoms with E-state index in [2.05, 4.69) is 4.76 Å². The molecule has 1 atom stereocenters. The molecule has 0 radical (unpaired) electrons. The summed E-state index contributed by atoms with van der Waals surface area (Å²) in [6.45, 7) is 6.46. The molecule has 14 nitrogen and oxygen atoms in total. The summed E-state index contributed by atoms with van der Waals surface area (Å²) in [5.41, 5.74) is 5.94. The third kappa shape index (κ3) is 20.0. The highest BCUT2D eigenvalue weighted by Gasteiger charge is 2.28. The van der Waals surface area contributed by atoms with Gasteiger partial charge in [-0.2, -0.15) is 0 Å². The molecule has 15 heteroatoms. The number of unbranched alkanes of at least 4 members (excludes halogenated alkanes) is 6. The molecule has 0 aliphatic carbocycles. The minimum absolute atomic E-state index is 0.0458. The molecule has 0 saturated heterocycles. The largest absolute Gasteiger partial charge is 0.508 e. The zero-order valence-electron chi connectivity index (χ0n) is 25.0. The van der Waals surface area contributed by atoms with Crippen LogP contribution < -0.4 is 5.73 Å². The van der Waals surface area contributed by atoms with Crippen molar-refractivity contribution in [2.24, 2.45) is 10.5 Å². The van der Waals surface area contributed by atoms with Crippen LogP contribution in [-0.4, -0.2) is 87.0 Å². The summed E-state index contributed by atoms with van der Waals surface area (Å²) < 4.78 is 48.0. The maximum Gasteiger partial charge on any atom is 0.508 e. The van der Waals surface area contributed by atoms with Crippen molar-refractivity contribution in [3.05, 3.63) is 0 Å². The van der Waals surface area contributed by atoms with Crippen LogP contribution in [0.3, 0.4) is 0 Å². The zero-order valence-corrected chi connectivity index (χ0v) is 25.9. The van der Waals surface area contributed by atoms with E-state index < -0.39 is 32.1 Å². The topological polar surface area (TPSA) is 186 Å². The Balaban J connectivity index is 4.77. The van der Waals surface area contributed by atoms with Gasteiger partial charge in [-0.05, 0) is 44.9 Å². The second-order valence-corrected chi connectivity index (χ2v) is 10.8. The van der Waals surface area contributed by atoms with Gasteiger partial charge in [0.15, 0.2) is 0 Å². The number of rotatable bonds is 24. The third-order valence-corrected chi connectivity index (χ3v) is 7.15. The van der Waals surface area contributed by atoms with Gasteiger partial charge < -0.3 is 34.7 Å². The van der Waals surface area contributed by atoms with E-state index in [0.29, 0.717) is 38.9 Å². The van der Waals surface area contributed by atoms with Crippen molar-refractivity contribution in [2.45, 2.75) is 97.4 Å². The van der Waals surface area contributed by atoms with E-state index in [-0.39, 0.29) is 38.8 Å². The lowest BCUT2D eigenvalue weighted by Crippen LogP contribution is -2.45. The quantitative estimate of drug-likeness (QED) is 0.0459. The maximum absolute atomic E-state index is 13.3. The van der Waals surface area contributed by atoms with Crippen molar-refractivity contribution >= 4 is 32.0 Å². The van der Waals surface area contributed by atoms with Crippen molar-refractivity contribution < 1.29 is 52.1 Å². The number of carbonyl (C=O) groups excluding carboxylic acids is 2. The van der Waals surface area contributed by atoms with Crippen molar-refractivity contribution in [2.75, 3.05) is 46.7 Å². The molecule has 0 aliphatic rings. The first kappa shape index (κ1) is 38.4. The Morgan fingerprint density at radius 1 is 0.732 bits per heavy atom. The average molecular weight is 612 g/mol. The Morgan fingerprint density at radius 3 is 1.44 bits per heavy atom. The molecule has 0 rings (SSSR count). The first-order valence-electron chi connectivity index (χ1n) is 14.4. The lowest BCUT2D eigenvalue weighted by atomic mass is 10.2. The van der Waals surface area contributed by atoms with E-state index >= 15 is 0 Å². The highest BCUT2D eigenvalue weighted by Crippen LogP contribution is 2.50. The van der Waals surface area contributed by atoms with Crippen LogP contribution in [0.2, 0.25) is 0 Å². The number of hydrogen-bond donors (Lipinski definition) is 2. The van der Waals surface area contributed by atoms with E-state index in [1.54, 1.807) is 6.92 Å². The van der Waals surface area contributed by atoms with Crippen molar-refractivity contribution in [1.82, 2.24) is 4.90 Å². The summed E-state index contributed by atoms with van der Waals surface area (Å²) in [5.74, 6) is -1.43. The lowest BCUT2D eigenvalue weighted by Gasteiger charge is -2.25. The normalized spacial score (nSPS) is 12.4. The molecule has 41 heavy (non-hydrogen) atoms. The molecule has 0 amide bonds. The second kappa shape index (κ2) is 24.1. The van der Waals surface area contributed by atoms with Gasteiger partial charge in [-0.25, -0.2) is 18.9 Å². The van der Waals surface area contributed by atoms with Gasteiger partial charge in [-0.1, -0.05) is 46.5 Å². The number of likely N-dealkylation sites (N-methyl/N-ethyl adjacent to an activating group) is 1. The Labute approximate surface area is 243 Å². The predicted octanol–water partition coefficient (Wildman–Crippen LogP) is 5.48. The number of carboxylic acid groups (broad SMARTS) is 1. The number of ether oxygens (including phenoxy) is 4. The molecule has 0 heterocycles. The molecule has 0 fully saturated rings. The van der Waals surface area contributed by atoms with Crippen molar-refractivity contribution in [3.63, 3.8) is 0 Å². The molecule has 0 aromatic rings. The fourth-order valence-electron chi connectivity index (χ4n) is 3.24. The van der Waals surface area contributed by atoms with Gasteiger partial charge in [-0.15, -0.1) is 4.76 Å². The Kier molecular flexibility index (Phi) is 22.6. The van der Waals surface area contributed by atoms with Crippen molar-refractivity contribution in [1.29, 1.82) is 0 Å². The first-order chi connectivity index (χ1) is 19.6. The molecule has 1 unspecified atom stereocenters. The molecular formula is C26H50N3O11P. The van der Waals surface area contributed by atoms with E-state index in [0.717, 1.165) is 38.5 Å². The van der Waals surface area contributed by atoms with Crippen LogP contribution in [-0.2, 0) is 37.4 Å². The van der Waals surface area contributed by atoms with Crippen LogP contribution in [0.25, 0.3) is 0 Å². The van der Waals surface area contributed by atoms with Crippen LogP contribution in [0.5, 0.6) is 0 Å². The lowest BCUT2D eigenvalue weighted by molar-refractivity contribution is -0.141. The predicted molar refractivity (Wildman–Crippen MR) is 153 cm³/mol. The smallest absolute Gasteiger partial charge is 0.480 e. The van der Waals surface area contributed by atoms with E-state index in [1.165, 1.54) is 11.9 Å². The van der Waals surface area contributed by atoms with Gasteiger partial charge in [0.2, 0.25) is 5.96 Å². The molecule has 0 bridgehead atoms. The highest BCUT2D eigenvalue weighted by atomic mass is 31.2. The van der Waals surface area contributed by atoms with Crippen LogP contribution >= 0.6 is 7.75 Å². The molecule has 0 saturated carbocycles. The fraction of sp³-hybridized carbons (Fsp3) is 0.846. The standard InChI is InChI=1S/C26H50N3O11P/c1-5-8-10-16-35-25(32)37-18-12-14-20-39-41(34,28-24(27)29(4)22(7-3)23(30)31)40-21-15-13-19-38-26(33)36-17-11-9-6-2/h22H,5-21H2,1-4H3,(H,30,31)(H2,27,28,34). The molecule has 0 aromatic carbocycles. The van der Waals surface area contributed by atoms with Crippen LogP contribution in [0.1, 0.15) is 91.4 Å². The fourth-order valence-corrected chi connectivity index (χ4v) is 4.54. The van der Waals surface area contributed by atoms with E-state index in [4.69, 9.17) is 33.7 Å². The summed E-state index contributed by atoms with van der Waals surface area (Å²) in [5, 5.41) is 9.39. The van der Waals surface area contributed by atoms with Gasteiger partial charge in [0.1, 0.15) is 6.04 Å². The number of nitrogens with zero attached hydrogens (tertiary/aromatic N) is 2. The Hall–Kier alpha value is -2.57. The average Bonchev–Trinajstić information content (AvgIpc) is 2.93. The number of aliphatic carboxylic acids is 1. The van der Waals surface area contributed by atoms with Gasteiger partial charge in [0, 0.05) is 7.05 Å². The zero-order chi connectivity index (χ0) is 30.9. The molecule has 240 valence electrons. The molecule has 3 N–H and O–H groups in total. The van der Waals surface area contributed by atoms with Gasteiger partial charge in [-0.3, -0.25) is 9.05 Å².